The van der Waals surface area contributed by atoms with Gasteiger partial charge in [0.25, 0.3) is 0 Å². The van der Waals surface area contributed by atoms with Gasteiger partial charge in [-0.05, 0) is 58.7 Å². The molecule has 0 heterocycles. The molecule has 0 aromatic heterocycles. The molecule has 0 unspecified atom stereocenters. The zero-order chi connectivity index (χ0) is 9.12. The maximum absolute atomic E-state index is 2.40. The minimum Gasteiger partial charge on any atom is -0.0509 e. The molecule has 0 N–H and O–H groups in total. The van der Waals surface area contributed by atoms with Crippen molar-refractivity contribution in [2.24, 2.45) is 0 Å². The van der Waals surface area contributed by atoms with Gasteiger partial charge in [-0.15, -0.1) is 0 Å². The first-order valence-corrected chi connectivity index (χ1v) is 5.47. The van der Waals surface area contributed by atoms with E-state index in [0.717, 1.165) is 0 Å². The first kappa shape index (κ1) is 7.05. The van der Waals surface area contributed by atoms with E-state index < -0.39 is 0 Å². The normalized spacial score (nSPS) is 16.9. The molecular formula is C14H12. The first-order valence-electron chi connectivity index (χ1n) is 5.47. The lowest BCUT2D eigenvalue weighted by molar-refractivity contribution is 0.835. The molecule has 0 aliphatic heterocycles. The van der Waals surface area contributed by atoms with Crippen LogP contribution in [0.15, 0.2) is 24.3 Å². The summed E-state index contributed by atoms with van der Waals surface area (Å²) in [7, 11) is 0. The van der Waals surface area contributed by atoms with Gasteiger partial charge in [0.15, 0.2) is 0 Å². The van der Waals surface area contributed by atoms with Crippen LogP contribution < -0.4 is 0 Å². The molecule has 0 nitrogen and oxygen atoms in total. The van der Waals surface area contributed by atoms with Crippen molar-refractivity contribution in [3.8, 4) is 0 Å². The van der Waals surface area contributed by atoms with Gasteiger partial charge in [0, 0.05) is 0 Å². The third-order valence-corrected chi connectivity index (χ3v) is 3.80. The highest BCUT2D eigenvalue weighted by molar-refractivity contribution is 5.87. The van der Waals surface area contributed by atoms with Crippen LogP contribution in [-0.4, -0.2) is 0 Å². The summed E-state index contributed by atoms with van der Waals surface area (Å²) in [6, 6.07) is 9.58. The Morgan fingerprint density at radius 3 is 1.00 bits per heavy atom. The van der Waals surface area contributed by atoms with Crippen molar-refractivity contribution in [3.63, 3.8) is 0 Å². The third-order valence-electron chi connectivity index (χ3n) is 3.80. The van der Waals surface area contributed by atoms with Crippen LogP contribution in [-0.2, 0) is 25.7 Å². The Balaban J connectivity index is 2.12. The van der Waals surface area contributed by atoms with E-state index in [4.69, 9.17) is 0 Å². The predicted molar refractivity (Wildman–Crippen MR) is 58.8 cm³/mol. The van der Waals surface area contributed by atoms with Gasteiger partial charge in [0.2, 0.25) is 0 Å². The average molecular weight is 180 g/mol. The van der Waals surface area contributed by atoms with Crippen molar-refractivity contribution >= 4 is 10.8 Å². The van der Waals surface area contributed by atoms with Crippen molar-refractivity contribution < 1.29 is 0 Å². The van der Waals surface area contributed by atoms with E-state index in [9.17, 15) is 0 Å². The van der Waals surface area contributed by atoms with Gasteiger partial charge in [0.05, 0.1) is 0 Å². The smallest absolute Gasteiger partial charge is 0.0178 e. The predicted octanol–water partition coefficient (Wildman–Crippen LogP) is 3.04. The first-order chi connectivity index (χ1) is 6.90. The summed E-state index contributed by atoms with van der Waals surface area (Å²) >= 11 is 0. The Morgan fingerprint density at radius 2 is 0.786 bits per heavy atom. The number of fused-ring (bicyclic) bond motifs is 3. The van der Waals surface area contributed by atoms with Gasteiger partial charge in [-0.2, -0.15) is 0 Å². The number of aryl methyl sites for hydroxylation is 4. The quantitative estimate of drug-likeness (QED) is 0.584. The molecule has 0 fully saturated rings. The fourth-order valence-electron chi connectivity index (χ4n) is 2.65. The lowest BCUT2D eigenvalue weighted by Crippen LogP contribution is -2.10. The minimum absolute atomic E-state index is 1.29. The zero-order valence-corrected chi connectivity index (χ0v) is 8.14. The average Bonchev–Trinajstić information content (AvgIpc) is 2.13. The van der Waals surface area contributed by atoms with Crippen molar-refractivity contribution in [2.75, 3.05) is 0 Å². The van der Waals surface area contributed by atoms with Gasteiger partial charge < -0.3 is 0 Å². The largest absolute Gasteiger partial charge is 0.0509 e. The van der Waals surface area contributed by atoms with Crippen LogP contribution in [0, 0.1) is 0 Å². The molecule has 4 rings (SSSR count). The SMILES string of the molecule is c1c2c(cc3cc4c(cc13)CC4)CC2. The van der Waals surface area contributed by atoms with Crippen LogP contribution in [0.25, 0.3) is 10.8 Å². The molecule has 2 aliphatic carbocycles. The third kappa shape index (κ3) is 0.747. The summed E-state index contributed by atoms with van der Waals surface area (Å²) in [6.45, 7) is 0. The van der Waals surface area contributed by atoms with E-state index in [1.807, 2.05) is 0 Å². The standard InChI is InChI=1S/C14H12/c1-2-10-6-14-8-12-4-3-11(12)7-13(14)5-9(1)10/h5-8H,1-4H2. The highest BCUT2D eigenvalue weighted by atomic mass is 14.2. The second-order valence-electron chi connectivity index (χ2n) is 4.59. The minimum atomic E-state index is 1.29. The fourth-order valence-corrected chi connectivity index (χ4v) is 2.65. The molecule has 0 spiro atoms. The molecule has 0 atom stereocenters. The maximum Gasteiger partial charge on any atom is -0.0178 e. The molecular weight excluding hydrogens is 168 g/mol. The Hall–Kier alpha value is -1.30. The molecule has 0 bridgehead atoms. The number of hydrogen-bond donors (Lipinski definition) is 0. The van der Waals surface area contributed by atoms with Gasteiger partial charge in [0.1, 0.15) is 0 Å². The van der Waals surface area contributed by atoms with Gasteiger partial charge in [-0.3, -0.25) is 0 Å². The van der Waals surface area contributed by atoms with Crippen LogP contribution in [0.2, 0.25) is 0 Å². The van der Waals surface area contributed by atoms with E-state index in [0.29, 0.717) is 0 Å². The number of rotatable bonds is 0. The second kappa shape index (κ2) is 2.20. The maximum atomic E-state index is 2.40. The molecule has 0 radical (unpaired) electrons. The van der Waals surface area contributed by atoms with Crippen LogP contribution in [0.1, 0.15) is 22.3 Å². The molecule has 0 amide bonds. The highest BCUT2D eigenvalue weighted by Gasteiger charge is 2.17. The van der Waals surface area contributed by atoms with Crippen molar-refractivity contribution in [1.82, 2.24) is 0 Å². The highest BCUT2D eigenvalue weighted by Crippen LogP contribution is 2.33. The molecule has 2 aromatic rings. The van der Waals surface area contributed by atoms with Crippen molar-refractivity contribution in [3.05, 3.63) is 46.5 Å². The summed E-state index contributed by atoms with van der Waals surface area (Å²) in [6.07, 6.45) is 5.18. The molecule has 0 heteroatoms. The molecule has 2 aromatic carbocycles. The molecule has 2 aliphatic rings. The van der Waals surface area contributed by atoms with E-state index in [2.05, 4.69) is 24.3 Å². The second-order valence-corrected chi connectivity index (χ2v) is 4.59. The molecule has 0 saturated heterocycles. The number of benzene rings is 2. The van der Waals surface area contributed by atoms with Crippen LogP contribution in [0.3, 0.4) is 0 Å². The Morgan fingerprint density at radius 1 is 0.500 bits per heavy atom. The summed E-state index contributed by atoms with van der Waals surface area (Å²) in [5, 5.41) is 2.92. The van der Waals surface area contributed by atoms with Crippen LogP contribution in [0.5, 0.6) is 0 Å². The summed E-state index contributed by atoms with van der Waals surface area (Å²) in [5.41, 5.74) is 6.32. The summed E-state index contributed by atoms with van der Waals surface area (Å²) in [4.78, 5) is 0. The van der Waals surface area contributed by atoms with E-state index in [1.165, 1.54) is 36.5 Å². The van der Waals surface area contributed by atoms with Crippen LogP contribution >= 0.6 is 0 Å². The van der Waals surface area contributed by atoms with E-state index in [1.54, 1.807) is 22.3 Å². The van der Waals surface area contributed by atoms with E-state index >= 15 is 0 Å². The Bertz CT molecular complexity index is 452. The summed E-state index contributed by atoms with van der Waals surface area (Å²) < 4.78 is 0. The zero-order valence-electron chi connectivity index (χ0n) is 8.14. The fraction of sp³-hybridized carbons (Fsp3) is 0.286. The Labute approximate surface area is 83.6 Å². The summed E-state index contributed by atoms with van der Waals surface area (Å²) in [5.74, 6) is 0. The molecule has 68 valence electrons. The Kier molecular flexibility index (Phi) is 1.11. The van der Waals surface area contributed by atoms with Gasteiger partial charge in [-0.25, -0.2) is 0 Å². The van der Waals surface area contributed by atoms with Crippen LogP contribution in [0.4, 0.5) is 0 Å². The number of hydrogen-bond acceptors (Lipinski definition) is 0. The van der Waals surface area contributed by atoms with Crippen molar-refractivity contribution in [2.45, 2.75) is 25.7 Å². The monoisotopic (exact) mass is 180 g/mol. The topological polar surface area (TPSA) is 0 Å². The molecule has 0 saturated carbocycles. The lowest BCUT2D eigenvalue weighted by atomic mass is 9.82. The van der Waals surface area contributed by atoms with Gasteiger partial charge in [-0.1, -0.05) is 24.3 Å². The van der Waals surface area contributed by atoms with Gasteiger partial charge >= 0.3 is 0 Å². The van der Waals surface area contributed by atoms with Crippen molar-refractivity contribution in [1.29, 1.82) is 0 Å². The van der Waals surface area contributed by atoms with E-state index in [-0.39, 0.29) is 0 Å². The lowest BCUT2D eigenvalue weighted by Gasteiger charge is -2.23. The molecule has 14 heavy (non-hydrogen) atoms.